The summed E-state index contributed by atoms with van der Waals surface area (Å²) in [5.41, 5.74) is 2.58. The van der Waals surface area contributed by atoms with Crippen LogP contribution in [0.5, 0.6) is 0 Å². The largest absolute Gasteiger partial charge is 0.331 e. The molecule has 0 spiro atoms. The summed E-state index contributed by atoms with van der Waals surface area (Å²) in [5.74, 6) is 0. The highest BCUT2D eigenvalue weighted by molar-refractivity contribution is 9.50. The maximum atomic E-state index is 3.72. The molecule has 0 fully saturated rings. The third-order valence-corrected chi connectivity index (χ3v) is 11.0. The Morgan fingerprint density at radius 3 is 1.25 bits per heavy atom. The van der Waals surface area contributed by atoms with E-state index in [2.05, 4.69) is 113 Å². The van der Waals surface area contributed by atoms with Gasteiger partial charge < -0.3 is 0 Å². The zero-order chi connectivity index (χ0) is 20.0. The molecule has 0 unspecified atom stereocenters. The molecule has 0 aromatic carbocycles. The van der Waals surface area contributed by atoms with Crippen LogP contribution in [0.25, 0.3) is 29.3 Å². The molecule has 0 saturated carbocycles. The number of thiophene rings is 4. The molecule has 10 heteroatoms. The minimum absolute atomic E-state index is 0.140. The number of hydrogen-bond donors (Lipinski definition) is 0. The summed E-state index contributed by atoms with van der Waals surface area (Å²) in [4.78, 5) is 10.6. The molecule has 4 heterocycles. The van der Waals surface area contributed by atoms with Crippen molar-refractivity contribution in [2.75, 3.05) is 0 Å². The van der Waals surface area contributed by atoms with Gasteiger partial charge in [-0.25, -0.2) is 0 Å². The second kappa shape index (κ2) is 9.15. The van der Waals surface area contributed by atoms with Crippen LogP contribution in [0.2, 0.25) is 0 Å². The molecule has 4 aromatic rings. The first kappa shape index (κ1) is 22.1. The van der Waals surface area contributed by atoms with E-state index in [4.69, 9.17) is 0 Å². The van der Waals surface area contributed by atoms with Gasteiger partial charge in [0.2, 0.25) is 0 Å². The predicted molar refractivity (Wildman–Crippen MR) is 150 cm³/mol. The highest BCUT2D eigenvalue weighted by Crippen LogP contribution is 2.42. The standard InChI is InChI=1S/C18H12B2Br4S4/c1-9-3-5-13(25-9)17-11(19(21)22)7-15(27-17)16-8-12(20(23)24)18(28-16)14-6-4-10(2)26-14/h3-8H,1-2H3. The highest BCUT2D eigenvalue weighted by Gasteiger charge is 2.24. The summed E-state index contributed by atoms with van der Waals surface area (Å²) in [5, 5.41) is 0. The molecular formula is C18H12B2Br4S4. The van der Waals surface area contributed by atoms with Gasteiger partial charge in [0.05, 0.1) is 0 Å². The third kappa shape index (κ3) is 4.54. The van der Waals surface area contributed by atoms with E-state index >= 15 is 0 Å². The van der Waals surface area contributed by atoms with Gasteiger partial charge in [-0.05, 0) is 61.2 Å². The molecule has 0 bridgehead atoms. The molecule has 4 rings (SSSR count). The zero-order valence-corrected chi connectivity index (χ0v) is 24.4. The van der Waals surface area contributed by atoms with Crippen LogP contribution < -0.4 is 10.9 Å². The Morgan fingerprint density at radius 2 is 0.964 bits per heavy atom. The Labute approximate surface area is 214 Å². The summed E-state index contributed by atoms with van der Waals surface area (Å²) in [7, 11) is 0. The molecule has 0 saturated heterocycles. The number of hydrogen-bond acceptors (Lipinski definition) is 4. The molecular weight excluding hydrogens is 686 g/mol. The lowest BCUT2D eigenvalue weighted by Crippen LogP contribution is -2.16. The van der Waals surface area contributed by atoms with E-state index in [1.165, 1.54) is 49.9 Å². The maximum absolute atomic E-state index is 3.72. The van der Waals surface area contributed by atoms with Crippen LogP contribution in [0.4, 0.5) is 0 Å². The topological polar surface area (TPSA) is 0 Å². The first-order valence-electron chi connectivity index (χ1n) is 8.31. The van der Waals surface area contributed by atoms with Crippen LogP contribution in [0.1, 0.15) is 9.75 Å². The average molecular weight is 698 g/mol. The van der Waals surface area contributed by atoms with E-state index < -0.39 is 0 Å². The summed E-state index contributed by atoms with van der Waals surface area (Å²) in [6, 6.07) is 13.5. The lowest BCUT2D eigenvalue weighted by molar-refractivity contribution is 1.64. The first-order chi connectivity index (χ1) is 13.3. The van der Waals surface area contributed by atoms with Crippen molar-refractivity contribution >= 4 is 128 Å². The van der Waals surface area contributed by atoms with Crippen molar-refractivity contribution in [3.8, 4) is 29.3 Å². The summed E-state index contributed by atoms with van der Waals surface area (Å²) in [6.45, 7) is 4.32. The van der Waals surface area contributed by atoms with E-state index in [0.29, 0.717) is 0 Å². The van der Waals surface area contributed by atoms with Crippen molar-refractivity contribution in [1.82, 2.24) is 0 Å². The molecule has 0 amide bonds. The Bertz CT molecular complexity index is 1030. The third-order valence-electron chi connectivity index (χ3n) is 4.16. The predicted octanol–water partition coefficient (Wildman–Crippen LogP) is 8.52. The van der Waals surface area contributed by atoms with Crippen LogP contribution in [-0.4, -0.2) is 8.72 Å². The molecule has 4 aromatic heterocycles. The fourth-order valence-corrected chi connectivity index (χ4v) is 9.39. The Hall–Kier alpha value is 0.850. The van der Waals surface area contributed by atoms with Gasteiger partial charge in [0, 0.05) is 39.0 Å². The minimum Gasteiger partial charge on any atom is -0.140 e. The monoisotopic (exact) mass is 694 g/mol. The molecule has 0 N–H and O–H groups in total. The second-order valence-electron chi connectivity index (χ2n) is 6.21. The SMILES string of the molecule is Cc1ccc(-c2sc(-c3cc(B(Br)Br)c(-c4ccc(C)s4)s3)cc2B(Br)Br)s1. The van der Waals surface area contributed by atoms with Crippen LogP contribution >= 0.6 is 108 Å². The lowest BCUT2D eigenvalue weighted by Gasteiger charge is -1.98. The quantitative estimate of drug-likeness (QED) is 0.184. The molecule has 0 atom stereocenters. The van der Waals surface area contributed by atoms with Crippen molar-refractivity contribution in [3.05, 3.63) is 46.2 Å². The Balaban J connectivity index is 1.83. The van der Waals surface area contributed by atoms with E-state index in [-0.39, 0.29) is 8.72 Å². The summed E-state index contributed by atoms with van der Waals surface area (Å²) in [6.07, 6.45) is 0. The van der Waals surface area contributed by atoms with Crippen LogP contribution in [0.15, 0.2) is 36.4 Å². The maximum Gasteiger partial charge on any atom is 0.331 e. The number of aryl methyl sites for hydroxylation is 2. The Kier molecular flexibility index (Phi) is 7.21. The van der Waals surface area contributed by atoms with E-state index in [9.17, 15) is 0 Å². The van der Waals surface area contributed by atoms with Gasteiger partial charge in [0.25, 0.3) is 0 Å². The highest BCUT2D eigenvalue weighted by atomic mass is 79.9. The summed E-state index contributed by atoms with van der Waals surface area (Å²) < 4.78 is 0.280. The van der Waals surface area contributed by atoms with Crippen molar-refractivity contribution < 1.29 is 0 Å². The fraction of sp³-hybridized carbons (Fsp3) is 0.111. The number of rotatable bonds is 5. The normalized spacial score (nSPS) is 11.2. The molecule has 0 aliphatic rings. The fourth-order valence-electron chi connectivity index (χ4n) is 2.88. The van der Waals surface area contributed by atoms with Crippen LogP contribution in [0, 0.1) is 13.8 Å². The Morgan fingerprint density at radius 1 is 0.571 bits per heavy atom. The molecule has 142 valence electrons. The molecule has 28 heavy (non-hydrogen) atoms. The van der Waals surface area contributed by atoms with Gasteiger partial charge in [-0.2, -0.15) is 0 Å². The van der Waals surface area contributed by atoms with Gasteiger partial charge in [0.15, 0.2) is 0 Å². The van der Waals surface area contributed by atoms with Gasteiger partial charge >= 0.3 is 8.72 Å². The number of halogens is 4. The first-order valence-corrected chi connectivity index (χ1v) is 15.2. The summed E-state index contributed by atoms with van der Waals surface area (Å²) >= 11 is 22.4. The van der Waals surface area contributed by atoms with Crippen molar-refractivity contribution in [2.24, 2.45) is 0 Å². The van der Waals surface area contributed by atoms with Crippen molar-refractivity contribution in [2.45, 2.75) is 13.8 Å². The van der Waals surface area contributed by atoms with Gasteiger partial charge in [-0.1, -0.05) is 0 Å². The van der Waals surface area contributed by atoms with Crippen molar-refractivity contribution in [3.63, 3.8) is 0 Å². The van der Waals surface area contributed by atoms with Gasteiger partial charge in [-0.15, -0.1) is 108 Å². The second-order valence-corrected chi connectivity index (χ2v) is 17.0. The van der Waals surface area contributed by atoms with Gasteiger partial charge in [0.1, 0.15) is 0 Å². The smallest absolute Gasteiger partial charge is 0.140 e. The van der Waals surface area contributed by atoms with E-state index in [1.54, 1.807) is 0 Å². The average Bonchev–Trinajstić information content (AvgIpc) is 3.38. The lowest BCUT2D eigenvalue weighted by atomic mass is 9.93. The van der Waals surface area contributed by atoms with Gasteiger partial charge in [-0.3, -0.25) is 0 Å². The molecule has 0 radical (unpaired) electrons. The van der Waals surface area contributed by atoms with E-state index in [0.717, 1.165) is 0 Å². The molecule has 0 aliphatic heterocycles. The molecule has 0 nitrogen and oxygen atoms in total. The van der Waals surface area contributed by atoms with Crippen LogP contribution in [0.3, 0.4) is 0 Å². The molecule has 0 aliphatic carbocycles. The van der Waals surface area contributed by atoms with Crippen LogP contribution in [-0.2, 0) is 0 Å². The minimum atomic E-state index is 0.140. The van der Waals surface area contributed by atoms with Crippen molar-refractivity contribution in [1.29, 1.82) is 0 Å². The van der Waals surface area contributed by atoms with E-state index in [1.807, 2.05) is 45.3 Å². The zero-order valence-electron chi connectivity index (χ0n) is 14.8.